The van der Waals surface area contributed by atoms with Crippen LogP contribution in [-0.2, 0) is 30.4 Å². The van der Waals surface area contributed by atoms with Gasteiger partial charge in [-0.05, 0) is 37.3 Å². The molecule has 0 bridgehead atoms. The lowest BCUT2D eigenvalue weighted by atomic mass is 10.0. The second-order valence-corrected chi connectivity index (χ2v) is 9.16. The first-order chi connectivity index (χ1) is 16.9. The van der Waals surface area contributed by atoms with E-state index in [0.29, 0.717) is 0 Å². The average Bonchev–Trinajstić information content (AvgIpc) is 3.20. The maximum atomic E-state index is 13.0. The molecule has 1 heterocycles. The summed E-state index contributed by atoms with van der Waals surface area (Å²) in [6.07, 6.45) is 1.69. The van der Waals surface area contributed by atoms with Crippen molar-refractivity contribution in [1.29, 1.82) is 0 Å². The van der Waals surface area contributed by atoms with Gasteiger partial charge in [-0.15, -0.1) is 0 Å². The van der Waals surface area contributed by atoms with Crippen LogP contribution in [0.1, 0.15) is 39.2 Å². The van der Waals surface area contributed by atoms with Crippen molar-refractivity contribution in [3.63, 3.8) is 0 Å². The Morgan fingerprint density at radius 3 is 2.17 bits per heavy atom. The minimum Gasteiger partial charge on any atom is -0.480 e. The number of nitrogens with two attached hydrogens (primary N) is 2. The molecule has 0 saturated heterocycles. The molecular formula is C24H34N6O6. The van der Waals surface area contributed by atoms with Gasteiger partial charge in [0.2, 0.25) is 23.6 Å². The molecule has 196 valence electrons. The number of rotatable bonds is 13. The van der Waals surface area contributed by atoms with E-state index in [9.17, 15) is 24.0 Å². The van der Waals surface area contributed by atoms with Crippen LogP contribution in [0.2, 0.25) is 0 Å². The van der Waals surface area contributed by atoms with E-state index < -0.39 is 60.2 Å². The lowest BCUT2D eigenvalue weighted by Crippen LogP contribution is -2.57. The van der Waals surface area contributed by atoms with Crippen LogP contribution in [0.15, 0.2) is 30.5 Å². The summed E-state index contributed by atoms with van der Waals surface area (Å²) in [7, 11) is 0. The van der Waals surface area contributed by atoms with E-state index in [1.165, 1.54) is 6.92 Å². The van der Waals surface area contributed by atoms with Crippen LogP contribution in [0.5, 0.6) is 0 Å². The molecule has 0 aliphatic heterocycles. The third-order valence-corrected chi connectivity index (χ3v) is 5.56. The minimum absolute atomic E-state index is 0.0126. The number of H-pyrrole nitrogens is 1. The number of primary amides is 1. The first kappa shape index (κ1) is 28.3. The summed E-state index contributed by atoms with van der Waals surface area (Å²) in [5, 5.41) is 17.2. The van der Waals surface area contributed by atoms with Crippen LogP contribution in [0.4, 0.5) is 0 Å². The van der Waals surface area contributed by atoms with Crippen molar-refractivity contribution < 1.29 is 29.1 Å². The Bertz CT molecular complexity index is 1110. The molecule has 0 radical (unpaired) electrons. The number of carboxylic acid groups (broad SMARTS) is 1. The largest absolute Gasteiger partial charge is 0.480 e. The predicted octanol–water partition coefficient (Wildman–Crippen LogP) is -0.482. The Hall–Kier alpha value is -3.93. The van der Waals surface area contributed by atoms with E-state index in [1.807, 2.05) is 38.1 Å². The summed E-state index contributed by atoms with van der Waals surface area (Å²) >= 11 is 0. The van der Waals surface area contributed by atoms with Crippen LogP contribution in [0.3, 0.4) is 0 Å². The molecule has 0 aliphatic carbocycles. The fourth-order valence-corrected chi connectivity index (χ4v) is 3.67. The molecule has 12 nitrogen and oxygen atoms in total. The van der Waals surface area contributed by atoms with Gasteiger partial charge in [0.05, 0.1) is 12.5 Å². The Labute approximate surface area is 208 Å². The van der Waals surface area contributed by atoms with Crippen LogP contribution in [0.25, 0.3) is 10.9 Å². The normalized spacial score (nSPS) is 14.5. The molecule has 36 heavy (non-hydrogen) atoms. The van der Waals surface area contributed by atoms with Crippen molar-refractivity contribution in [1.82, 2.24) is 20.9 Å². The van der Waals surface area contributed by atoms with E-state index in [0.717, 1.165) is 16.5 Å². The summed E-state index contributed by atoms with van der Waals surface area (Å²) < 4.78 is 0. The highest BCUT2D eigenvalue weighted by atomic mass is 16.4. The van der Waals surface area contributed by atoms with Crippen molar-refractivity contribution in [3.8, 4) is 0 Å². The summed E-state index contributed by atoms with van der Waals surface area (Å²) in [6, 6.07) is 2.92. The van der Waals surface area contributed by atoms with Gasteiger partial charge in [0.1, 0.15) is 18.1 Å². The second kappa shape index (κ2) is 12.7. The maximum absolute atomic E-state index is 13.0. The van der Waals surface area contributed by atoms with E-state index in [2.05, 4.69) is 20.9 Å². The summed E-state index contributed by atoms with van der Waals surface area (Å²) in [4.78, 5) is 64.0. The van der Waals surface area contributed by atoms with Gasteiger partial charge in [-0.2, -0.15) is 0 Å². The zero-order valence-corrected chi connectivity index (χ0v) is 20.5. The molecule has 0 spiro atoms. The minimum atomic E-state index is -1.41. The van der Waals surface area contributed by atoms with Gasteiger partial charge in [0.15, 0.2) is 0 Å². The number of carbonyl (C=O) groups excluding carboxylic acids is 4. The van der Waals surface area contributed by atoms with Crippen LogP contribution in [-0.4, -0.2) is 63.9 Å². The third-order valence-electron chi connectivity index (χ3n) is 5.56. The molecular weight excluding hydrogens is 468 g/mol. The highest BCUT2D eigenvalue weighted by Gasteiger charge is 2.30. The van der Waals surface area contributed by atoms with Gasteiger partial charge in [0.25, 0.3) is 0 Å². The fourth-order valence-electron chi connectivity index (χ4n) is 3.67. The number of benzene rings is 1. The third kappa shape index (κ3) is 8.08. The van der Waals surface area contributed by atoms with Gasteiger partial charge in [0, 0.05) is 17.1 Å². The van der Waals surface area contributed by atoms with Gasteiger partial charge >= 0.3 is 5.97 Å². The molecule has 4 unspecified atom stereocenters. The molecule has 1 aromatic heterocycles. The van der Waals surface area contributed by atoms with E-state index in [-0.39, 0.29) is 18.8 Å². The zero-order valence-electron chi connectivity index (χ0n) is 20.5. The van der Waals surface area contributed by atoms with Crippen molar-refractivity contribution in [2.45, 2.75) is 64.2 Å². The van der Waals surface area contributed by atoms with Gasteiger partial charge in [-0.1, -0.05) is 32.0 Å². The van der Waals surface area contributed by atoms with Gasteiger partial charge < -0.3 is 37.5 Å². The number of nitrogens with one attached hydrogen (secondary N) is 4. The monoisotopic (exact) mass is 502 g/mol. The SMILES string of the molecule is CC(C)CC(NC(=O)C(N)Cc1c[nH]c2ccccc12)C(=O)NC(CC(N)=O)C(=O)NC(C)C(=O)O. The van der Waals surface area contributed by atoms with E-state index in [1.54, 1.807) is 6.20 Å². The van der Waals surface area contributed by atoms with Crippen LogP contribution < -0.4 is 27.4 Å². The molecule has 1 aromatic carbocycles. The highest BCUT2D eigenvalue weighted by Crippen LogP contribution is 2.19. The Balaban J connectivity index is 2.11. The van der Waals surface area contributed by atoms with E-state index in [4.69, 9.17) is 16.6 Å². The number of aromatic nitrogens is 1. The number of aliphatic carboxylic acids is 1. The number of fused-ring (bicyclic) bond motifs is 1. The number of para-hydroxylation sites is 1. The zero-order chi connectivity index (χ0) is 27.0. The first-order valence-electron chi connectivity index (χ1n) is 11.6. The molecule has 12 heteroatoms. The van der Waals surface area contributed by atoms with Crippen molar-refractivity contribution >= 4 is 40.5 Å². The molecule has 4 atom stereocenters. The number of amides is 4. The lowest BCUT2D eigenvalue weighted by molar-refractivity contribution is -0.142. The number of hydrogen-bond donors (Lipinski definition) is 7. The number of carbonyl (C=O) groups is 5. The molecule has 2 rings (SSSR count). The van der Waals surface area contributed by atoms with Gasteiger partial charge in [-0.3, -0.25) is 24.0 Å². The van der Waals surface area contributed by atoms with E-state index >= 15 is 0 Å². The number of aromatic amines is 1. The van der Waals surface area contributed by atoms with Crippen molar-refractivity contribution in [3.05, 3.63) is 36.0 Å². The molecule has 0 fully saturated rings. The summed E-state index contributed by atoms with van der Waals surface area (Å²) in [5.74, 6) is -4.34. The Kier molecular flexibility index (Phi) is 9.97. The average molecular weight is 503 g/mol. The topological polar surface area (TPSA) is 209 Å². The summed E-state index contributed by atoms with van der Waals surface area (Å²) in [6.45, 7) is 4.93. The molecule has 0 saturated carbocycles. The number of carboxylic acids is 1. The smallest absolute Gasteiger partial charge is 0.325 e. The summed E-state index contributed by atoms with van der Waals surface area (Å²) in [5.41, 5.74) is 13.1. The molecule has 2 aromatic rings. The maximum Gasteiger partial charge on any atom is 0.325 e. The number of hydrogen-bond acceptors (Lipinski definition) is 6. The Morgan fingerprint density at radius 1 is 0.944 bits per heavy atom. The second-order valence-electron chi connectivity index (χ2n) is 9.16. The lowest BCUT2D eigenvalue weighted by Gasteiger charge is -2.25. The quantitative estimate of drug-likeness (QED) is 0.191. The molecule has 4 amide bonds. The Morgan fingerprint density at radius 2 is 1.56 bits per heavy atom. The molecule has 0 aliphatic rings. The van der Waals surface area contributed by atoms with Crippen molar-refractivity contribution in [2.75, 3.05) is 0 Å². The standard InChI is InChI=1S/C24H34N6O6/c1-12(2)8-18(23(34)30-19(10-20(26)31)22(33)28-13(3)24(35)36)29-21(32)16(25)9-14-11-27-17-7-5-4-6-15(14)17/h4-7,11-13,16,18-19,27H,8-10,25H2,1-3H3,(H2,26,31)(H,28,33)(H,29,32)(H,30,34)(H,35,36). The fraction of sp³-hybridized carbons (Fsp3) is 0.458. The van der Waals surface area contributed by atoms with Crippen LogP contribution in [0, 0.1) is 5.92 Å². The molecule has 9 N–H and O–H groups in total. The van der Waals surface area contributed by atoms with Crippen LogP contribution >= 0.6 is 0 Å². The predicted molar refractivity (Wildman–Crippen MR) is 132 cm³/mol. The first-order valence-corrected chi connectivity index (χ1v) is 11.6. The van der Waals surface area contributed by atoms with Gasteiger partial charge in [-0.25, -0.2) is 0 Å². The highest BCUT2D eigenvalue weighted by molar-refractivity contribution is 5.96. The van der Waals surface area contributed by atoms with Crippen molar-refractivity contribution in [2.24, 2.45) is 17.4 Å².